The molecule has 2 aromatic carbocycles. The van der Waals surface area contributed by atoms with Crippen molar-refractivity contribution in [3.8, 4) is 5.75 Å². The number of thiazole rings is 1. The molecule has 0 spiro atoms. The van der Waals surface area contributed by atoms with Crippen LogP contribution in [-0.4, -0.2) is 64.3 Å². The number of aromatic nitrogens is 1. The summed E-state index contributed by atoms with van der Waals surface area (Å²) in [5, 5.41) is 0.518. The van der Waals surface area contributed by atoms with Gasteiger partial charge in [0, 0.05) is 13.1 Å². The van der Waals surface area contributed by atoms with Crippen LogP contribution in [0.5, 0.6) is 5.75 Å². The Morgan fingerprint density at radius 1 is 1.03 bits per heavy atom. The fourth-order valence-electron chi connectivity index (χ4n) is 3.10. The van der Waals surface area contributed by atoms with Gasteiger partial charge in [-0.2, -0.15) is 0 Å². The van der Waals surface area contributed by atoms with Gasteiger partial charge in [0.15, 0.2) is 15.0 Å². The zero-order chi connectivity index (χ0) is 22.8. The summed E-state index contributed by atoms with van der Waals surface area (Å²) >= 11 is 1.42. The number of nitrogens with zero attached hydrogens (tertiary/aromatic N) is 3. The molecule has 1 amide bonds. The summed E-state index contributed by atoms with van der Waals surface area (Å²) in [5.74, 6) is -0.564. The third-order valence-corrected chi connectivity index (χ3v) is 7.80. The van der Waals surface area contributed by atoms with Crippen LogP contribution in [0.3, 0.4) is 0 Å². The van der Waals surface area contributed by atoms with Gasteiger partial charge >= 0.3 is 0 Å². The van der Waals surface area contributed by atoms with Gasteiger partial charge in [0.1, 0.15) is 11.5 Å². The molecular weight excluding hydrogens is 434 g/mol. The van der Waals surface area contributed by atoms with Crippen LogP contribution >= 0.6 is 11.3 Å². The second-order valence-electron chi connectivity index (χ2n) is 7.66. The van der Waals surface area contributed by atoms with Gasteiger partial charge < -0.3 is 9.64 Å². The van der Waals surface area contributed by atoms with E-state index in [1.165, 1.54) is 35.5 Å². The van der Waals surface area contributed by atoms with E-state index < -0.39 is 21.5 Å². The zero-order valence-electron chi connectivity index (χ0n) is 18.4. The molecule has 0 saturated carbocycles. The van der Waals surface area contributed by atoms with Crippen molar-refractivity contribution in [1.29, 1.82) is 0 Å². The zero-order valence-corrected chi connectivity index (χ0v) is 20.0. The summed E-state index contributed by atoms with van der Waals surface area (Å²) in [6.07, 6.45) is 0. The normalized spacial score (nSPS) is 11.8. The maximum atomic E-state index is 13.2. The first-order chi connectivity index (χ1) is 14.6. The van der Waals surface area contributed by atoms with Gasteiger partial charge in [-0.05, 0) is 63.3 Å². The van der Waals surface area contributed by atoms with Gasteiger partial charge in [-0.15, -0.1) is 0 Å². The summed E-state index contributed by atoms with van der Waals surface area (Å²) in [6.45, 7) is 4.92. The van der Waals surface area contributed by atoms with Gasteiger partial charge in [0.25, 0.3) is 0 Å². The summed E-state index contributed by atoms with van der Waals surface area (Å²) in [6, 6.07) is 10.1. The minimum Gasteiger partial charge on any atom is -0.497 e. The van der Waals surface area contributed by atoms with Crippen LogP contribution in [0, 0.1) is 13.8 Å². The van der Waals surface area contributed by atoms with Gasteiger partial charge in [-0.1, -0.05) is 23.5 Å². The number of carbonyl (C=O) groups is 1. The number of benzene rings is 2. The van der Waals surface area contributed by atoms with Crippen molar-refractivity contribution in [3.05, 3.63) is 47.5 Å². The molecular formula is C22H27N3O4S2. The number of ether oxygens (including phenoxy) is 1. The van der Waals surface area contributed by atoms with Crippen molar-refractivity contribution in [1.82, 2.24) is 9.88 Å². The van der Waals surface area contributed by atoms with E-state index in [1.807, 2.05) is 45.0 Å². The first-order valence-corrected chi connectivity index (χ1v) is 12.3. The monoisotopic (exact) mass is 461 g/mol. The molecule has 3 aromatic rings. The number of amides is 1. The summed E-state index contributed by atoms with van der Waals surface area (Å²) in [5.41, 5.74) is 2.95. The van der Waals surface area contributed by atoms with E-state index in [0.717, 1.165) is 21.3 Å². The Bertz CT molecular complexity index is 1150. The largest absolute Gasteiger partial charge is 0.497 e. The van der Waals surface area contributed by atoms with Crippen LogP contribution in [0.15, 0.2) is 41.3 Å². The minimum absolute atomic E-state index is 0.0881. The quantitative estimate of drug-likeness (QED) is 0.512. The van der Waals surface area contributed by atoms with E-state index >= 15 is 0 Å². The minimum atomic E-state index is -3.81. The molecule has 31 heavy (non-hydrogen) atoms. The van der Waals surface area contributed by atoms with Crippen LogP contribution in [0.2, 0.25) is 0 Å². The Morgan fingerprint density at radius 2 is 1.68 bits per heavy atom. The summed E-state index contributed by atoms with van der Waals surface area (Å²) in [7, 11) is 1.52. The van der Waals surface area contributed by atoms with Gasteiger partial charge in [0.2, 0.25) is 5.91 Å². The Labute approximate surface area is 187 Å². The van der Waals surface area contributed by atoms with Crippen molar-refractivity contribution < 1.29 is 17.9 Å². The number of likely N-dealkylation sites (N-methyl/N-ethyl adjacent to an activating group) is 1. The van der Waals surface area contributed by atoms with Crippen LogP contribution in [-0.2, 0) is 14.6 Å². The van der Waals surface area contributed by atoms with Gasteiger partial charge in [-0.25, -0.2) is 13.4 Å². The average molecular weight is 462 g/mol. The van der Waals surface area contributed by atoms with E-state index in [9.17, 15) is 13.2 Å². The van der Waals surface area contributed by atoms with E-state index in [-0.39, 0.29) is 4.90 Å². The molecule has 0 radical (unpaired) electrons. The molecule has 0 aliphatic rings. The topological polar surface area (TPSA) is 79.8 Å². The standard InChI is InChI=1S/C22H27N3O4S2/c1-15-6-7-16(2)21-20(15)23-22(30-21)25(13-12-24(3)4)19(26)14-31(27,28)18-10-8-17(29-5)9-11-18/h6-11H,12-14H2,1-5H3. The van der Waals surface area contributed by atoms with E-state index in [4.69, 9.17) is 9.72 Å². The SMILES string of the molecule is COc1ccc(S(=O)(=O)CC(=O)N(CCN(C)C)c2nc3c(C)ccc(C)c3s2)cc1. The Kier molecular flexibility index (Phi) is 6.98. The molecule has 0 bridgehead atoms. The van der Waals surface area contributed by atoms with Crippen LogP contribution in [0.4, 0.5) is 5.13 Å². The van der Waals surface area contributed by atoms with Crippen LogP contribution in [0.1, 0.15) is 11.1 Å². The van der Waals surface area contributed by atoms with Crippen molar-refractivity contribution in [2.24, 2.45) is 0 Å². The fourth-order valence-corrected chi connectivity index (χ4v) is 5.45. The third kappa shape index (κ3) is 5.23. The van der Waals surface area contributed by atoms with Crippen molar-refractivity contribution in [2.75, 3.05) is 44.9 Å². The molecule has 0 aliphatic carbocycles. The average Bonchev–Trinajstić information content (AvgIpc) is 3.17. The Balaban J connectivity index is 1.93. The van der Waals surface area contributed by atoms with Gasteiger partial charge in [0.05, 0.1) is 22.2 Å². The fraction of sp³-hybridized carbons (Fsp3) is 0.364. The Hall–Kier alpha value is -2.49. The molecule has 3 rings (SSSR count). The lowest BCUT2D eigenvalue weighted by atomic mass is 10.1. The van der Waals surface area contributed by atoms with E-state index in [0.29, 0.717) is 24.0 Å². The van der Waals surface area contributed by atoms with Crippen LogP contribution in [0.25, 0.3) is 10.2 Å². The molecule has 1 aromatic heterocycles. The summed E-state index contributed by atoms with van der Waals surface area (Å²) < 4.78 is 31.9. The number of fused-ring (bicyclic) bond motifs is 1. The van der Waals surface area contributed by atoms with E-state index in [2.05, 4.69) is 0 Å². The predicted molar refractivity (Wildman–Crippen MR) is 125 cm³/mol. The van der Waals surface area contributed by atoms with Crippen molar-refractivity contribution in [3.63, 3.8) is 0 Å². The predicted octanol–water partition coefficient (Wildman–Crippen LogP) is 3.29. The highest BCUT2D eigenvalue weighted by Gasteiger charge is 2.27. The van der Waals surface area contributed by atoms with Crippen molar-refractivity contribution in [2.45, 2.75) is 18.7 Å². The third-order valence-electron chi connectivity index (χ3n) is 4.97. The number of sulfone groups is 1. The van der Waals surface area contributed by atoms with E-state index in [1.54, 1.807) is 12.1 Å². The number of hydrogen-bond acceptors (Lipinski definition) is 7. The number of aryl methyl sites for hydroxylation is 2. The number of anilines is 1. The number of rotatable bonds is 8. The smallest absolute Gasteiger partial charge is 0.244 e. The number of hydrogen-bond donors (Lipinski definition) is 0. The molecule has 0 aliphatic heterocycles. The molecule has 0 unspecified atom stereocenters. The first kappa shape index (κ1) is 23.2. The number of methoxy groups -OCH3 is 1. The molecule has 1 heterocycles. The second-order valence-corrected chi connectivity index (χ2v) is 10.6. The molecule has 0 N–H and O–H groups in total. The van der Waals surface area contributed by atoms with Gasteiger partial charge in [-0.3, -0.25) is 9.69 Å². The molecule has 0 saturated heterocycles. The van der Waals surface area contributed by atoms with Crippen molar-refractivity contribution >= 4 is 42.4 Å². The first-order valence-electron chi connectivity index (χ1n) is 9.81. The lowest BCUT2D eigenvalue weighted by molar-refractivity contribution is -0.116. The Morgan fingerprint density at radius 3 is 2.26 bits per heavy atom. The highest BCUT2D eigenvalue weighted by Crippen LogP contribution is 2.33. The lowest BCUT2D eigenvalue weighted by Crippen LogP contribution is -2.40. The maximum absolute atomic E-state index is 13.2. The highest BCUT2D eigenvalue weighted by atomic mass is 32.2. The second kappa shape index (κ2) is 9.33. The molecule has 9 heteroatoms. The highest BCUT2D eigenvalue weighted by molar-refractivity contribution is 7.92. The molecule has 166 valence electrons. The van der Waals surface area contributed by atoms with Crippen LogP contribution < -0.4 is 9.64 Å². The molecule has 7 nitrogen and oxygen atoms in total. The lowest BCUT2D eigenvalue weighted by Gasteiger charge is -2.22. The summed E-state index contributed by atoms with van der Waals surface area (Å²) in [4.78, 5) is 21.4. The number of carbonyl (C=O) groups excluding carboxylic acids is 1. The molecule has 0 fully saturated rings. The molecule has 0 atom stereocenters. The maximum Gasteiger partial charge on any atom is 0.244 e.